The molecule has 0 saturated carbocycles. The number of ether oxygens (including phenoxy) is 7. The first-order valence-corrected chi connectivity index (χ1v) is 14.8. The number of methoxy groups -OCH3 is 2. The fourth-order valence-corrected chi connectivity index (χ4v) is 5.05. The van der Waals surface area contributed by atoms with E-state index >= 15 is 0 Å². The zero-order valence-corrected chi connectivity index (χ0v) is 26.3. The third-order valence-corrected chi connectivity index (χ3v) is 7.74. The van der Waals surface area contributed by atoms with Gasteiger partial charge >= 0.3 is 11.9 Å². The van der Waals surface area contributed by atoms with Crippen LogP contribution in [0.5, 0.6) is 23.0 Å². The van der Waals surface area contributed by atoms with Crippen LogP contribution in [0.4, 0.5) is 0 Å². The van der Waals surface area contributed by atoms with Gasteiger partial charge in [-0.1, -0.05) is 12.1 Å². The van der Waals surface area contributed by atoms with Crippen molar-refractivity contribution >= 4 is 24.1 Å². The summed E-state index contributed by atoms with van der Waals surface area (Å²) in [5, 5.41) is 82.5. The van der Waals surface area contributed by atoms with E-state index in [-0.39, 0.29) is 23.0 Å². The molecule has 2 aliphatic heterocycles. The quantitative estimate of drug-likeness (QED) is 0.0882. The molecular weight excluding hydrogens is 656 g/mol. The summed E-state index contributed by atoms with van der Waals surface area (Å²) in [5.74, 6) is -4.32. The van der Waals surface area contributed by atoms with Crippen molar-refractivity contribution in [3.8, 4) is 23.0 Å². The highest BCUT2D eigenvalue weighted by Gasteiger charge is 2.59. The second kappa shape index (κ2) is 16.4. The molecule has 0 amide bonds. The molecule has 17 heteroatoms. The van der Waals surface area contributed by atoms with Gasteiger partial charge in [-0.15, -0.1) is 0 Å². The van der Waals surface area contributed by atoms with Crippen LogP contribution in [-0.4, -0.2) is 142 Å². The summed E-state index contributed by atoms with van der Waals surface area (Å²) in [4.78, 5) is 25.0. The van der Waals surface area contributed by atoms with Crippen molar-refractivity contribution in [2.24, 2.45) is 0 Å². The first kappa shape index (κ1) is 37.5. The maximum atomic E-state index is 12.6. The Bertz CT molecular complexity index is 1510. The molecule has 2 saturated heterocycles. The SMILES string of the molecule is COc1cc(C=CC(=O)OC[C@H]2O[C@@](CO)(O[C@H]3O[C@H](CO)[C@@H](O)[C@H](OC(=O)C=Cc4ccc(O)c(OC)c4)[C@H]3O)[C@@H](O)[C@@H]2O)ccc1O. The van der Waals surface area contributed by atoms with E-state index in [1.807, 2.05) is 0 Å². The monoisotopic (exact) mass is 694 g/mol. The van der Waals surface area contributed by atoms with Gasteiger partial charge in [0.15, 0.2) is 35.4 Å². The normalized spacial score (nSPS) is 30.0. The lowest BCUT2D eigenvalue weighted by atomic mass is 9.98. The second-order valence-electron chi connectivity index (χ2n) is 10.9. The van der Waals surface area contributed by atoms with Gasteiger partial charge in [-0.2, -0.15) is 0 Å². The summed E-state index contributed by atoms with van der Waals surface area (Å²) in [5.41, 5.74) is 0.918. The van der Waals surface area contributed by atoms with Gasteiger partial charge in [0.05, 0.1) is 20.8 Å². The Labute approximate surface area is 279 Å². The molecule has 0 spiro atoms. The van der Waals surface area contributed by atoms with Crippen LogP contribution in [0.3, 0.4) is 0 Å². The molecule has 0 unspecified atom stereocenters. The lowest BCUT2D eigenvalue weighted by molar-refractivity contribution is -0.383. The summed E-state index contributed by atoms with van der Waals surface area (Å²) < 4.78 is 37.0. The third kappa shape index (κ3) is 8.66. The van der Waals surface area contributed by atoms with Crippen LogP contribution < -0.4 is 9.47 Å². The minimum absolute atomic E-state index is 0.103. The highest BCUT2D eigenvalue weighted by atomic mass is 16.8. The van der Waals surface area contributed by atoms with Crippen LogP contribution in [0.25, 0.3) is 12.2 Å². The van der Waals surface area contributed by atoms with Gasteiger partial charge in [-0.05, 0) is 47.5 Å². The summed E-state index contributed by atoms with van der Waals surface area (Å²) in [7, 11) is 2.70. The van der Waals surface area contributed by atoms with E-state index in [1.54, 1.807) is 0 Å². The van der Waals surface area contributed by atoms with E-state index < -0.39 is 86.6 Å². The molecule has 17 nitrogen and oxygen atoms in total. The molecule has 268 valence electrons. The van der Waals surface area contributed by atoms with Crippen molar-refractivity contribution in [2.75, 3.05) is 34.0 Å². The van der Waals surface area contributed by atoms with Gasteiger partial charge in [-0.25, -0.2) is 9.59 Å². The van der Waals surface area contributed by atoms with Crippen LogP contribution in [0.15, 0.2) is 48.6 Å². The topological polar surface area (TPSA) is 261 Å². The van der Waals surface area contributed by atoms with Crippen LogP contribution >= 0.6 is 0 Å². The van der Waals surface area contributed by atoms with Crippen molar-refractivity contribution < 1.29 is 83.6 Å². The molecule has 0 aliphatic carbocycles. The van der Waals surface area contributed by atoms with Gasteiger partial charge in [0.25, 0.3) is 0 Å². The molecule has 0 radical (unpaired) electrons. The Balaban J connectivity index is 1.41. The molecule has 2 heterocycles. The molecule has 2 aliphatic rings. The van der Waals surface area contributed by atoms with Gasteiger partial charge in [0.2, 0.25) is 5.79 Å². The average molecular weight is 695 g/mol. The molecule has 0 aromatic heterocycles. The standard InChI is InChI=1S/C32H38O17/c1-43-20-11-16(3-7-18(20)35)5-9-24(37)45-14-23-27(40)30(42)32(15-34,48-23)49-31-28(41)29(26(39)22(13-33)46-31)47-25(38)10-6-17-4-8-19(36)21(12-17)44-2/h3-12,22-23,26-31,33-36,39-42H,13-15H2,1-2H3/t22-,23-,26-,27-,28-,29+,30+,31-,32+/m1/s1. The van der Waals surface area contributed by atoms with E-state index in [2.05, 4.69) is 0 Å². The lowest BCUT2D eigenvalue weighted by Gasteiger charge is -2.44. The molecule has 4 rings (SSSR count). The highest BCUT2D eigenvalue weighted by Crippen LogP contribution is 2.37. The molecule has 8 N–H and O–H groups in total. The number of rotatable bonds is 13. The Morgan fingerprint density at radius 2 is 1.39 bits per heavy atom. The zero-order chi connectivity index (χ0) is 35.9. The van der Waals surface area contributed by atoms with E-state index in [4.69, 9.17) is 33.2 Å². The molecular formula is C32H38O17. The molecule has 49 heavy (non-hydrogen) atoms. The second-order valence-corrected chi connectivity index (χ2v) is 10.9. The third-order valence-electron chi connectivity index (χ3n) is 7.74. The number of phenolic OH excluding ortho intramolecular Hbond substituents is 2. The van der Waals surface area contributed by atoms with Gasteiger partial charge in [0, 0.05) is 12.2 Å². The largest absolute Gasteiger partial charge is 0.504 e. The number of phenols is 2. The maximum absolute atomic E-state index is 12.6. The van der Waals surface area contributed by atoms with E-state index in [0.29, 0.717) is 11.1 Å². The lowest BCUT2D eigenvalue weighted by Crippen LogP contribution is -2.63. The Morgan fingerprint density at radius 3 is 1.92 bits per heavy atom. The minimum Gasteiger partial charge on any atom is -0.504 e. The number of aliphatic hydroxyl groups is 6. The van der Waals surface area contributed by atoms with Gasteiger partial charge in [-0.3, -0.25) is 0 Å². The van der Waals surface area contributed by atoms with Crippen molar-refractivity contribution in [1.29, 1.82) is 0 Å². The number of benzene rings is 2. The number of carbonyl (C=O) groups excluding carboxylic acids is 2. The fraction of sp³-hybridized carbons (Fsp3) is 0.438. The van der Waals surface area contributed by atoms with Crippen molar-refractivity contribution in [1.82, 2.24) is 0 Å². The van der Waals surface area contributed by atoms with Crippen LogP contribution in [0.1, 0.15) is 11.1 Å². The molecule has 0 bridgehead atoms. The average Bonchev–Trinajstić information content (AvgIpc) is 3.34. The van der Waals surface area contributed by atoms with Gasteiger partial charge in [0.1, 0.15) is 49.8 Å². The number of hydrogen-bond donors (Lipinski definition) is 8. The number of aromatic hydroxyl groups is 2. The molecule has 2 aromatic carbocycles. The maximum Gasteiger partial charge on any atom is 0.331 e. The Hall–Kier alpha value is -4.30. The predicted molar refractivity (Wildman–Crippen MR) is 164 cm³/mol. The number of esters is 2. The Morgan fingerprint density at radius 1 is 0.816 bits per heavy atom. The van der Waals surface area contributed by atoms with Crippen molar-refractivity contribution in [2.45, 2.75) is 54.8 Å². The summed E-state index contributed by atoms with van der Waals surface area (Å²) >= 11 is 0. The first-order chi connectivity index (χ1) is 23.4. The minimum atomic E-state index is -2.48. The van der Waals surface area contributed by atoms with Crippen LogP contribution in [0, 0.1) is 0 Å². The van der Waals surface area contributed by atoms with Gasteiger partial charge < -0.3 is 74.0 Å². The van der Waals surface area contributed by atoms with Crippen molar-refractivity contribution in [3.05, 3.63) is 59.7 Å². The van der Waals surface area contributed by atoms with E-state index in [9.17, 15) is 50.4 Å². The summed E-state index contributed by atoms with van der Waals surface area (Å²) in [6, 6.07) is 8.57. The Kier molecular flexibility index (Phi) is 12.6. The van der Waals surface area contributed by atoms with Crippen LogP contribution in [-0.2, 0) is 33.3 Å². The summed E-state index contributed by atoms with van der Waals surface area (Å²) in [6.45, 7) is -2.59. The van der Waals surface area contributed by atoms with E-state index in [1.165, 1.54) is 62.8 Å². The molecule has 2 aromatic rings. The van der Waals surface area contributed by atoms with Crippen LogP contribution in [0.2, 0.25) is 0 Å². The summed E-state index contributed by atoms with van der Waals surface area (Å²) in [6.07, 6.45) is -9.49. The fourth-order valence-electron chi connectivity index (χ4n) is 5.05. The number of hydrogen-bond acceptors (Lipinski definition) is 17. The number of carbonyl (C=O) groups is 2. The smallest absolute Gasteiger partial charge is 0.331 e. The predicted octanol–water partition coefficient (Wildman–Crippen LogP) is -1.44. The molecule has 2 fully saturated rings. The van der Waals surface area contributed by atoms with E-state index in [0.717, 1.165) is 12.2 Å². The zero-order valence-electron chi connectivity index (χ0n) is 26.3. The highest BCUT2D eigenvalue weighted by molar-refractivity contribution is 5.88. The molecule has 9 atom stereocenters. The van der Waals surface area contributed by atoms with Crippen molar-refractivity contribution in [3.63, 3.8) is 0 Å². The first-order valence-electron chi connectivity index (χ1n) is 14.8. The number of aliphatic hydroxyl groups excluding tert-OH is 6.